The SMILES string of the molecule is CCC(NC(=O)c1c(CNS(=O)(=O)CC)c(-c2ccccc2)nc2ccccc12)c1ccccc1. The molecule has 0 radical (unpaired) electrons. The second kappa shape index (κ2) is 10.8. The van der Waals surface area contributed by atoms with Gasteiger partial charge in [0.1, 0.15) is 0 Å². The number of hydrogen-bond donors (Lipinski definition) is 2. The van der Waals surface area contributed by atoms with Crippen molar-refractivity contribution in [3.8, 4) is 11.3 Å². The van der Waals surface area contributed by atoms with E-state index < -0.39 is 10.0 Å². The zero-order chi connectivity index (χ0) is 24.8. The Bertz CT molecular complexity index is 1420. The van der Waals surface area contributed by atoms with Crippen molar-refractivity contribution < 1.29 is 13.2 Å². The number of hydrogen-bond acceptors (Lipinski definition) is 4. The number of carbonyl (C=O) groups excluding carboxylic acids is 1. The zero-order valence-electron chi connectivity index (χ0n) is 19.9. The van der Waals surface area contributed by atoms with Crippen LogP contribution in [-0.4, -0.2) is 25.1 Å². The average Bonchev–Trinajstić information content (AvgIpc) is 2.90. The Morgan fingerprint density at radius 3 is 2.17 bits per heavy atom. The van der Waals surface area contributed by atoms with Crippen LogP contribution in [-0.2, 0) is 16.6 Å². The first-order valence-corrected chi connectivity index (χ1v) is 13.4. The third kappa shape index (κ3) is 5.58. The molecular formula is C28H29N3O3S. The summed E-state index contributed by atoms with van der Waals surface area (Å²) in [4.78, 5) is 18.7. The lowest BCUT2D eigenvalue weighted by Gasteiger charge is -2.21. The van der Waals surface area contributed by atoms with E-state index in [2.05, 4.69) is 10.0 Å². The Morgan fingerprint density at radius 2 is 1.51 bits per heavy atom. The highest BCUT2D eigenvalue weighted by Crippen LogP contribution is 2.31. The maximum atomic E-state index is 13.9. The molecule has 0 spiro atoms. The molecule has 4 rings (SSSR count). The van der Waals surface area contributed by atoms with E-state index >= 15 is 0 Å². The minimum Gasteiger partial charge on any atom is -0.345 e. The number of nitrogens with zero attached hydrogens (tertiary/aromatic N) is 1. The summed E-state index contributed by atoms with van der Waals surface area (Å²) in [5.41, 5.74) is 4.06. The van der Waals surface area contributed by atoms with Gasteiger partial charge < -0.3 is 5.32 Å². The molecule has 0 fully saturated rings. The molecule has 2 N–H and O–H groups in total. The van der Waals surface area contributed by atoms with E-state index in [1.165, 1.54) is 0 Å². The van der Waals surface area contributed by atoms with Crippen LogP contribution >= 0.6 is 0 Å². The van der Waals surface area contributed by atoms with Crippen molar-refractivity contribution in [2.75, 3.05) is 5.75 Å². The topological polar surface area (TPSA) is 88.2 Å². The van der Waals surface area contributed by atoms with E-state index in [0.29, 0.717) is 34.1 Å². The molecule has 1 unspecified atom stereocenters. The van der Waals surface area contributed by atoms with Crippen LogP contribution in [0.25, 0.3) is 22.2 Å². The monoisotopic (exact) mass is 487 g/mol. The molecule has 1 heterocycles. The molecule has 35 heavy (non-hydrogen) atoms. The number of benzene rings is 3. The van der Waals surface area contributed by atoms with E-state index in [4.69, 9.17) is 4.98 Å². The molecule has 0 bridgehead atoms. The van der Waals surface area contributed by atoms with Crippen LogP contribution in [0.4, 0.5) is 0 Å². The van der Waals surface area contributed by atoms with Gasteiger partial charge in [-0.1, -0.05) is 85.8 Å². The predicted octanol–water partition coefficient (Wildman–Crippen LogP) is 5.22. The van der Waals surface area contributed by atoms with Crippen LogP contribution in [0.1, 0.15) is 47.8 Å². The van der Waals surface area contributed by atoms with E-state index in [-0.39, 0.29) is 24.2 Å². The summed E-state index contributed by atoms with van der Waals surface area (Å²) in [7, 11) is -3.49. The van der Waals surface area contributed by atoms with E-state index in [9.17, 15) is 13.2 Å². The van der Waals surface area contributed by atoms with Gasteiger partial charge in [-0.3, -0.25) is 4.79 Å². The molecule has 3 aromatic carbocycles. The van der Waals surface area contributed by atoms with Crippen LogP contribution in [0, 0.1) is 0 Å². The van der Waals surface area contributed by atoms with Gasteiger partial charge in [-0.05, 0) is 25.0 Å². The van der Waals surface area contributed by atoms with Gasteiger partial charge in [0.15, 0.2) is 0 Å². The predicted molar refractivity (Wildman–Crippen MR) is 140 cm³/mol. The summed E-state index contributed by atoms with van der Waals surface area (Å²) in [6, 6.07) is 26.6. The average molecular weight is 488 g/mol. The first kappa shape index (κ1) is 24.6. The van der Waals surface area contributed by atoms with Gasteiger partial charge in [-0.2, -0.15) is 0 Å². The molecule has 1 atom stereocenters. The summed E-state index contributed by atoms with van der Waals surface area (Å²) in [5.74, 6) is -0.315. The first-order valence-electron chi connectivity index (χ1n) is 11.7. The Labute approximate surface area is 206 Å². The van der Waals surface area contributed by atoms with Crippen molar-refractivity contribution in [3.05, 3.63) is 102 Å². The lowest BCUT2D eigenvalue weighted by molar-refractivity contribution is 0.0936. The van der Waals surface area contributed by atoms with Gasteiger partial charge in [0.05, 0.1) is 28.6 Å². The molecule has 0 aliphatic heterocycles. The minimum absolute atomic E-state index is 0.0386. The van der Waals surface area contributed by atoms with E-state index in [0.717, 1.165) is 11.1 Å². The number of nitrogens with one attached hydrogen (secondary N) is 2. The fourth-order valence-electron chi connectivity index (χ4n) is 4.14. The standard InChI is InChI=1S/C28H29N3O3S/c1-3-24(20-13-7-5-8-14-20)31-28(32)26-22-17-11-12-18-25(22)30-27(21-15-9-6-10-16-21)23(26)19-29-35(33,34)4-2/h5-18,24,29H,3-4,19H2,1-2H3,(H,31,32). The number of amides is 1. The molecular weight excluding hydrogens is 458 g/mol. The van der Waals surface area contributed by atoms with E-state index in [1.807, 2.05) is 91.9 Å². The minimum atomic E-state index is -3.49. The van der Waals surface area contributed by atoms with E-state index in [1.54, 1.807) is 6.92 Å². The number of aromatic nitrogens is 1. The number of pyridine rings is 1. The zero-order valence-corrected chi connectivity index (χ0v) is 20.7. The molecule has 0 aliphatic carbocycles. The summed E-state index contributed by atoms with van der Waals surface area (Å²) < 4.78 is 27.3. The fourth-order valence-corrected chi connectivity index (χ4v) is 4.71. The highest BCUT2D eigenvalue weighted by molar-refractivity contribution is 7.89. The third-order valence-electron chi connectivity index (χ3n) is 6.03. The summed E-state index contributed by atoms with van der Waals surface area (Å²) in [6.45, 7) is 3.57. The van der Waals surface area contributed by atoms with Gasteiger partial charge in [0.2, 0.25) is 10.0 Å². The number of fused-ring (bicyclic) bond motifs is 1. The normalized spacial score (nSPS) is 12.4. The molecule has 7 heteroatoms. The van der Waals surface area contributed by atoms with Gasteiger partial charge in [-0.25, -0.2) is 18.1 Å². The van der Waals surface area contributed by atoms with Gasteiger partial charge in [0.25, 0.3) is 5.91 Å². The number of carbonyl (C=O) groups is 1. The number of rotatable bonds is 9. The molecule has 1 amide bonds. The van der Waals surface area contributed by atoms with Crippen LogP contribution in [0.15, 0.2) is 84.9 Å². The lowest BCUT2D eigenvalue weighted by Crippen LogP contribution is -2.31. The van der Waals surface area contributed by atoms with Crippen LogP contribution in [0.5, 0.6) is 0 Å². The molecule has 6 nitrogen and oxygen atoms in total. The van der Waals surface area contributed by atoms with Crippen molar-refractivity contribution in [2.24, 2.45) is 0 Å². The second-order valence-corrected chi connectivity index (χ2v) is 10.4. The molecule has 0 saturated carbocycles. The second-order valence-electron chi connectivity index (χ2n) is 8.27. The largest absolute Gasteiger partial charge is 0.345 e. The van der Waals surface area contributed by atoms with Crippen LogP contribution in [0.2, 0.25) is 0 Å². The smallest absolute Gasteiger partial charge is 0.252 e. The first-order chi connectivity index (χ1) is 16.9. The quantitative estimate of drug-likeness (QED) is 0.339. The molecule has 0 saturated heterocycles. The third-order valence-corrected chi connectivity index (χ3v) is 7.38. The van der Waals surface area contributed by atoms with Crippen molar-refractivity contribution in [2.45, 2.75) is 32.9 Å². The Balaban J connectivity index is 1.89. The fraction of sp³-hybridized carbons (Fsp3) is 0.214. The van der Waals surface area contributed by atoms with Crippen molar-refractivity contribution >= 4 is 26.8 Å². The van der Waals surface area contributed by atoms with Gasteiger partial charge >= 0.3 is 0 Å². The summed E-state index contributed by atoms with van der Waals surface area (Å²) in [6.07, 6.45) is 0.710. The molecule has 0 aliphatic rings. The summed E-state index contributed by atoms with van der Waals surface area (Å²) >= 11 is 0. The van der Waals surface area contributed by atoms with Crippen molar-refractivity contribution in [3.63, 3.8) is 0 Å². The molecule has 1 aromatic heterocycles. The maximum Gasteiger partial charge on any atom is 0.252 e. The van der Waals surface area contributed by atoms with Crippen molar-refractivity contribution in [1.29, 1.82) is 0 Å². The summed E-state index contributed by atoms with van der Waals surface area (Å²) in [5, 5.41) is 3.86. The number of para-hydroxylation sites is 1. The van der Waals surface area contributed by atoms with Crippen LogP contribution < -0.4 is 10.0 Å². The Hall–Kier alpha value is -3.55. The highest BCUT2D eigenvalue weighted by Gasteiger charge is 2.24. The molecule has 180 valence electrons. The lowest BCUT2D eigenvalue weighted by atomic mass is 9.95. The maximum absolute atomic E-state index is 13.9. The van der Waals surface area contributed by atoms with Crippen molar-refractivity contribution in [1.82, 2.24) is 15.0 Å². The molecule has 4 aromatic rings. The highest BCUT2D eigenvalue weighted by atomic mass is 32.2. The Morgan fingerprint density at radius 1 is 0.886 bits per heavy atom. The van der Waals surface area contributed by atoms with Crippen LogP contribution in [0.3, 0.4) is 0 Å². The Kier molecular flexibility index (Phi) is 7.58. The number of sulfonamides is 1. The van der Waals surface area contributed by atoms with Gasteiger partial charge in [-0.15, -0.1) is 0 Å². The van der Waals surface area contributed by atoms with Gasteiger partial charge in [0, 0.05) is 23.1 Å².